The van der Waals surface area contributed by atoms with E-state index in [1.165, 1.54) is 4.90 Å². The molecule has 3 rings (SSSR count). The van der Waals surface area contributed by atoms with E-state index < -0.39 is 36.0 Å². The molecule has 0 bridgehead atoms. The van der Waals surface area contributed by atoms with Gasteiger partial charge in [-0.15, -0.1) is 0 Å². The molecule has 4 atom stereocenters. The fourth-order valence-corrected chi connectivity index (χ4v) is 4.32. The van der Waals surface area contributed by atoms with Crippen molar-refractivity contribution in [3.8, 4) is 0 Å². The Kier molecular flexibility index (Phi) is 8.68. The molecule has 9 nitrogen and oxygen atoms in total. The highest BCUT2D eigenvalue weighted by Crippen LogP contribution is 2.34. The first kappa shape index (κ1) is 26.7. The van der Waals surface area contributed by atoms with Crippen molar-refractivity contribution in [3.05, 3.63) is 60.2 Å². The molecule has 0 saturated heterocycles. The van der Waals surface area contributed by atoms with E-state index >= 15 is 0 Å². The molecule has 0 aliphatic carbocycles. The van der Waals surface area contributed by atoms with Crippen LogP contribution in [0.25, 0.3) is 0 Å². The van der Waals surface area contributed by atoms with Gasteiger partial charge in [-0.2, -0.15) is 0 Å². The molecule has 192 valence electrons. The number of carboxylic acid groups (broad SMARTS) is 1. The Balaban J connectivity index is 1.85. The number of nitrogens with one attached hydrogen (secondary N) is 3. The SMILES string of the molecule is CC[C@H](C)[C@H](NC(=O)N1c2ccccc2NC(=O)[C@@H]1C(C)C)C(=O)N[C@@H](Cc1ccccc1)C(=O)O. The number of carboxylic acids is 1. The molecule has 0 aromatic heterocycles. The Hall–Kier alpha value is -3.88. The number of fused-ring (bicyclic) bond motifs is 1. The summed E-state index contributed by atoms with van der Waals surface area (Å²) in [5.74, 6) is -2.54. The van der Waals surface area contributed by atoms with Gasteiger partial charge in [0.1, 0.15) is 18.1 Å². The van der Waals surface area contributed by atoms with Crippen LogP contribution in [0.4, 0.5) is 16.2 Å². The summed E-state index contributed by atoms with van der Waals surface area (Å²) in [6.07, 6.45) is 0.678. The lowest BCUT2D eigenvalue weighted by atomic mass is 9.96. The summed E-state index contributed by atoms with van der Waals surface area (Å²) < 4.78 is 0. The smallest absolute Gasteiger partial charge is 0.326 e. The first-order valence-corrected chi connectivity index (χ1v) is 12.2. The largest absolute Gasteiger partial charge is 0.480 e. The van der Waals surface area contributed by atoms with Crippen LogP contribution in [-0.2, 0) is 20.8 Å². The molecule has 36 heavy (non-hydrogen) atoms. The van der Waals surface area contributed by atoms with Gasteiger partial charge in [-0.3, -0.25) is 14.5 Å². The van der Waals surface area contributed by atoms with Crippen LogP contribution < -0.4 is 20.9 Å². The van der Waals surface area contributed by atoms with Gasteiger partial charge in [0.05, 0.1) is 11.4 Å². The topological polar surface area (TPSA) is 128 Å². The summed E-state index contributed by atoms with van der Waals surface area (Å²) in [7, 11) is 0. The molecule has 4 N–H and O–H groups in total. The summed E-state index contributed by atoms with van der Waals surface area (Å²) in [4.78, 5) is 53.0. The third-order valence-corrected chi connectivity index (χ3v) is 6.49. The third-order valence-electron chi connectivity index (χ3n) is 6.49. The maximum absolute atomic E-state index is 13.6. The zero-order valence-corrected chi connectivity index (χ0v) is 21.0. The second-order valence-electron chi connectivity index (χ2n) is 9.47. The predicted molar refractivity (Wildman–Crippen MR) is 138 cm³/mol. The van der Waals surface area contributed by atoms with Crippen LogP contribution in [0.2, 0.25) is 0 Å². The quantitative estimate of drug-likeness (QED) is 0.425. The van der Waals surface area contributed by atoms with Crippen molar-refractivity contribution >= 4 is 35.2 Å². The second kappa shape index (κ2) is 11.7. The summed E-state index contributed by atoms with van der Waals surface area (Å²) in [6, 6.07) is 12.5. The highest BCUT2D eigenvalue weighted by atomic mass is 16.4. The Morgan fingerprint density at radius 2 is 1.64 bits per heavy atom. The minimum Gasteiger partial charge on any atom is -0.480 e. The average molecular weight is 495 g/mol. The van der Waals surface area contributed by atoms with Crippen LogP contribution in [0.5, 0.6) is 0 Å². The minimum absolute atomic E-state index is 0.109. The molecule has 9 heteroatoms. The van der Waals surface area contributed by atoms with Gasteiger partial charge in [0, 0.05) is 6.42 Å². The lowest BCUT2D eigenvalue weighted by Gasteiger charge is -2.39. The molecule has 1 aliphatic rings. The van der Waals surface area contributed by atoms with Gasteiger partial charge in [-0.1, -0.05) is 76.6 Å². The molecular formula is C27H34N4O5. The number of hydrogen-bond donors (Lipinski definition) is 4. The van der Waals surface area contributed by atoms with Crippen molar-refractivity contribution < 1.29 is 24.3 Å². The standard InChI is InChI=1S/C27H34N4O5/c1-5-17(4)22(24(32)29-20(26(34)35)15-18-11-7-6-8-12-18)30-27(36)31-21-14-10-9-13-19(21)28-25(33)23(31)16(2)3/h6-14,16-17,20,22-23H,5,15H2,1-4H3,(H,28,33)(H,29,32)(H,30,36)(H,34,35)/t17-,20-,22-,23-/m0/s1. The lowest BCUT2D eigenvalue weighted by Crippen LogP contribution is -2.61. The molecule has 4 amide bonds. The van der Waals surface area contributed by atoms with E-state index in [0.717, 1.165) is 5.56 Å². The van der Waals surface area contributed by atoms with E-state index in [1.54, 1.807) is 48.5 Å². The van der Waals surface area contributed by atoms with Gasteiger partial charge in [0.2, 0.25) is 11.8 Å². The molecule has 0 radical (unpaired) electrons. The van der Waals surface area contributed by atoms with Crippen molar-refractivity contribution in [1.82, 2.24) is 10.6 Å². The van der Waals surface area contributed by atoms with Gasteiger partial charge >= 0.3 is 12.0 Å². The van der Waals surface area contributed by atoms with E-state index in [2.05, 4.69) is 16.0 Å². The number of rotatable bonds is 9. The minimum atomic E-state index is -1.16. The predicted octanol–water partition coefficient (Wildman–Crippen LogP) is 3.41. The zero-order valence-electron chi connectivity index (χ0n) is 21.0. The van der Waals surface area contributed by atoms with E-state index in [0.29, 0.717) is 17.8 Å². The highest BCUT2D eigenvalue weighted by Gasteiger charge is 2.40. The normalized spacial score (nSPS) is 17.4. The number of aliphatic carboxylic acids is 1. The van der Waals surface area contributed by atoms with Crippen molar-refractivity contribution in [3.63, 3.8) is 0 Å². The summed E-state index contributed by atoms with van der Waals surface area (Å²) in [6.45, 7) is 7.39. The molecule has 1 aliphatic heterocycles. The van der Waals surface area contributed by atoms with Crippen molar-refractivity contribution in [1.29, 1.82) is 0 Å². The number of urea groups is 1. The number of carbonyl (C=O) groups excluding carboxylic acids is 3. The van der Waals surface area contributed by atoms with E-state index in [1.807, 2.05) is 33.8 Å². The maximum atomic E-state index is 13.6. The van der Waals surface area contributed by atoms with Crippen LogP contribution in [0.15, 0.2) is 54.6 Å². The number of carbonyl (C=O) groups is 4. The molecule has 2 aromatic rings. The van der Waals surface area contributed by atoms with Crippen LogP contribution in [0.1, 0.15) is 39.7 Å². The molecule has 0 fully saturated rings. The van der Waals surface area contributed by atoms with Gasteiger partial charge < -0.3 is 21.1 Å². The first-order chi connectivity index (χ1) is 17.1. The number of amides is 4. The molecule has 0 spiro atoms. The van der Waals surface area contributed by atoms with Gasteiger partial charge in [-0.05, 0) is 29.5 Å². The summed E-state index contributed by atoms with van der Waals surface area (Å²) in [5.41, 5.74) is 1.81. The Labute approximate surface area is 211 Å². The zero-order chi connectivity index (χ0) is 26.4. The van der Waals surface area contributed by atoms with Crippen LogP contribution in [0.3, 0.4) is 0 Å². The Morgan fingerprint density at radius 3 is 2.25 bits per heavy atom. The summed E-state index contributed by atoms with van der Waals surface area (Å²) in [5, 5.41) is 18.0. The van der Waals surface area contributed by atoms with E-state index in [4.69, 9.17) is 0 Å². The Morgan fingerprint density at radius 1 is 1.00 bits per heavy atom. The first-order valence-electron chi connectivity index (χ1n) is 12.2. The molecule has 1 heterocycles. The van der Waals surface area contributed by atoms with Gasteiger partial charge in [-0.25, -0.2) is 9.59 Å². The van der Waals surface area contributed by atoms with Crippen LogP contribution >= 0.6 is 0 Å². The van der Waals surface area contributed by atoms with Crippen molar-refractivity contribution in [2.75, 3.05) is 10.2 Å². The Bertz CT molecular complexity index is 1100. The number of nitrogens with zero attached hydrogens (tertiary/aromatic N) is 1. The molecule has 2 aromatic carbocycles. The maximum Gasteiger partial charge on any atom is 0.326 e. The molecule has 0 saturated carbocycles. The number of anilines is 2. The van der Waals surface area contributed by atoms with Crippen LogP contribution in [0, 0.1) is 11.8 Å². The average Bonchev–Trinajstić information content (AvgIpc) is 2.85. The fourth-order valence-electron chi connectivity index (χ4n) is 4.32. The van der Waals surface area contributed by atoms with Crippen molar-refractivity contribution in [2.45, 2.75) is 58.7 Å². The molecule has 0 unspecified atom stereocenters. The second-order valence-corrected chi connectivity index (χ2v) is 9.47. The van der Waals surface area contributed by atoms with Crippen LogP contribution in [-0.4, -0.2) is 47.0 Å². The highest BCUT2D eigenvalue weighted by molar-refractivity contribution is 6.12. The van der Waals surface area contributed by atoms with Crippen molar-refractivity contribution in [2.24, 2.45) is 11.8 Å². The monoisotopic (exact) mass is 494 g/mol. The van der Waals surface area contributed by atoms with E-state index in [9.17, 15) is 24.3 Å². The lowest BCUT2D eigenvalue weighted by molar-refractivity contribution is -0.142. The van der Waals surface area contributed by atoms with E-state index in [-0.39, 0.29) is 24.2 Å². The number of hydrogen-bond acceptors (Lipinski definition) is 4. The van der Waals surface area contributed by atoms with Gasteiger partial charge in [0.15, 0.2) is 0 Å². The third kappa shape index (κ3) is 6.02. The molecular weight excluding hydrogens is 460 g/mol. The summed E-state index contributed by atoms with van der Waals surface area (Å²) >= 11 is 0. The number of para-hydroxylation sites is 2. The van der Waals surface area contributed by atoms with Gasteiger partial charge in [0.25, 0.3) is 0 Å². The fraction of sp³-hybridized carbons (Fsp3) is 0.407. The number of benzene rings is 2.